The molecule has 0 N–H and O–H groups in total. The molecule has 4 aliphatic rings. The van der Waals surface area contributed by atoms with Gasteiger partial charge in [-0.25, -0.2) is 0 Å². The first-order chi connectivity index (χ1) is 19.6. The number of benzene rings is 2. The van der Waals surface area contributed by atoms with Crippen LogP contribution in [0.1, 0.15) is 83.0 Å². The van der Waals surface area contributed by atoms with Gasteiger partial charge >= 0.3 is 6.18 Å². The van der Waals surface area contributed by atoms with Gasteiger partial charge in [0.25, 0.3) is 5.91 Å². The van der Waals surface area contributed by atoms with E-state index in [9.17, 15) is 18.0 Å². The predicted molar refractivity (Wildman–Crippen MR) is 147 cm³/mol. The summed E-state index contributed by atoms with van der Waals surface area (Å²) in [5, 5.41) is 8.53. The number of hydrogen-bond acceptors (Lipinski definition) is 5. The summed E-state index contributed by atoms with van der Waals surface area (Å²) >= 11 is 0. The summed E-state index contributed by atoms with van der Waals surface area (Å²) in [5.74, 6) is 1.56. The first-order valence-electron chi connectivity index (χ1n) is 14.6. The first-order valence-corrected chi connectivity index (χ1v) is 14.6. The highest BCUT2D eigenvalue weighted by Gasteiger charge is 2.46. The van der Waals surface area contributed by atoms with Crippen LogP contribution in [-0.2, 0) is 38.1 Å². The number of nitrogens with zero attached hydrogens (tertiary/aromatic N) is 5. The molecule has 0 radical (unpaired) electrons. The van der Waals surface area contributed by atoms with Crippen molar-refractivity contribution < 1.29 is 22.7 Å². The number of likely N-dealkylation sites (tertiary alicyclic amines) is 1. The van der Waals surface area contributed by atoms with E-state index in [1.54, 1.807) is 12.4 Å². The Morgan fingerprint density at radius 1 is 1.15 bits per heavy atom. The van der Waals surface area contributed by atoms with Gasteiger partial charge in [0.1, 0.15) is 17.9 Å². The number of aromatic nitrogens is 3. The van der Waals surface area contributed by atoms with E-state index in [0.717, 1.165) is 62.1 Å². The average molecular weight is 566 g/mol. The maximum atomic E-state index is 14.4. The second-order valence-corrected chi connectivity index (χ2v) is 12.3. The monoisotopic (exact) mass is 565 g/mol. The zero-order valence-corrected chi connectivity index (χ0v) is 23.4. The summed E-state index contributed by atoms with van der Waals surface area (Å²) < 4.78 is 51.2. The van der Waals surface area contributed by atoms with Gasteiger partial charge in [0, 0.05) is 32.1 Å². The number of halogens is 3. The minimum atomic E-state index is -4.56. The zero-order chi connectivity index (χ0) is 28.5. The number of amides is 1. The van der Waals surface area contributed by atoms with Crippen molar-refractivity contribution in [1.82, 2.24) is 19.7 Å². The van der Waals surface area contributed by atoms with E-state index >= 15 is 0 Å². The Hall–Kier alpha value is -3.40. The summed E-state index contributed by atoms with van der Waals surface area (Å²) in [6.07, 6.45) is 2.80. The van der Waals surface area contributed by atoms with Gasteiger partial charge in [-0.3, -0.25) is 9.69 Å². The van der Waals surface area contributed by atoms with Crippen molar-refractivity contribution in [3.63, 3.8) is 0 Å². The van der Waals surface area contributed by atoms with Crippen molar-refractivity contribution in [1.29, 1.82) is 0 Å². The van der Waals surface area contributed by atoms with Crippen LogP contribution in [0, 0.1) is 5.92 Å². The number of piperidine rings is 1. The van der Waals surface area contributed by atoms with Crippen LogP contribution in [0.3, 0.4) is 0 Å². The van der Waals surface area contributed by atoms with Gasteiger partial charge in [0.15, 0.2) is 0 Å². The molecule has 7 rings (SSSR count). The normalized spacial score (nSPS) is 21.9. The van der Waals surface area contributed by atoms with Crippen molar-refractivity contribution in [2.24, 2.45) is 13.0 Å². The largest absolute Gasteiger partial charge is 0.491 e. The Bertz CT molecular complexity index is 1530. The topological polar surface area (TPSA) is 63.5 Å². The van der Waals surface area contributed by atoms with Gasteiger partial charge in [0.05, 0.1) is 29.8 Å². The van der Waals surface area contributed by atoms with E-state index in [0.29, 0.717) is 42.5 Å². The number of carbonyl (C=O) groups excluding carboxylic acids is 1. The van der Waals surface area contributed by atoms with Gasteiger partial charge < -0.3 is 14.2 Å². The molecule has 216 valence electrons. The SMILES string of the molecule is C[C@H]1CCCN(Cc2cc3c(c(C(F)(F)F)c2)CN(c2cc(C4(c5nncn5C)CCC4)cc4c2OCC4)C3=O)C1. The standard InChI is InChI=1S/C31H34F3N5O2/c1-19-5-3-9-38(15-19)16-20-11-23-24(25(12-20)31(32,33)34)17-39(28(23)40)26-14-22(13-21-6-10-41-27(21)26)30(7-4-8-30)29-36-35-18-37(29)2/h11-14,18-19H,3-10,15-17H2,1-2H3/t19-/m0/s1. The van der Waals surface area contributed by atoms with Crippen molar-refractivity contribution >= 4 is 11.6 Å². The first kappa shape index (κ1) is 26.5. The van der Waals surface area contributed by atoms with Crippen LogP contribution in [0.5, 0.6) is 5.75 Å². The third kappa shape index (κ3) is 4.33. The van der Waals surface area contributed by atoms with Crippen LogP contribution in [0.4, 0.5) is 18.9 Å². The third-order valence-corrected chi connectivity index (χ3v) is 9.51. The molecule has 0 unspecified atom stereocenters. The van der Waals surface area contributed by atoms with Gasteiger partial charge in [-0.05, 0) is 78.6 Å². The number of hydrogen-bond donors (Lipinski definition) is 0. The highest BCUT2D eigenvalue weighted by molar-refractivity contribution is 6.11. The number of carbonyl (C=O) groups is 1. The molecular weight excluding hydrogens is 531 g/mol. The minimum absolute atomic E-state index is 0.0436. The molecule has 7 nitrogen and oxygen atoms in total. The number of aryl methyl sites for hydroxylation is 1. The number of fused-ring (bicyclic) bond motifs is 2. The van der Waals surface area contributed by atoms with Gasteiger partial charge in [-0.1, -0.05) is 19.4 Å². The Balaban J connectivity index is 1.29. The molecule has 41 heavy (non-hydrogen) atoms. The molecule has 0 bridgehead atoms. The summed E-state index contributed by atoms with van der Waals surface area (Å²) in [4.78, 5) is 17.6. The average Bonchev–Trinajstić information content (AvgIpc) is 3.62. The van der Waals surface area contributed by atoms with E-state index in [2.05, 4.69) is 28.1 Å². The maximum absolute atomic E-state index is 14.4. The van der Waals surface area contributed by atoms with E-state index in [-0.39, 0.29) is 23.1 Å². The Morgan fingerprint density at radius 2 is 1.98 bits per heavy atom. The highest BCUT2D eigenvalue weighted by Crippen LogP contribution is 2.52. The molecule has 4 heterocycles. The smallest absolute Gasteiger partial charge is 0.416 e. The number of alkyl halides is 3. The molecule has 1 saturated heterocycles. The quantitative estimate of drug-likeness (QED) is 0.401. The highest BCUT2D eigenvalue weighted by atomic mass is 19.4. The molecule has 3 aliphatic heterocycles. The molecule has 2 fully saturated rings. The molecular formula is C31H34F3N5O2. The Morgan fingerprint density at radius 3 is 2.66 bits per heavy atom. The molecule has 1 aromatic heterocycles. The van der Waals surface area contributed by atoms with Gasteiger partial charge in [0.2, 0.25) is 0 Å². The fourth-order valence-corrected chi connectivity index (χ4v) is 7.35. The molecule has 1 amide bonds. The summed E-state index contributed by atoms with van der Waals surface area (Å²) in [5.41, 5.74) is 2.20. The lowest BCUT2D eigenvalue weighted by atomic mass is 9.63. The second kappa shape index (κ2) is 9.58. The minimum Gasteiger partial charge on any atom is -0.491 e. The van der Waals surface area contributed by atoms with Crippen LogP contribution in [0.25, 0.3) is 0 Å². The Kier molecular flexibility index (Phi) is 6.19. The maximum Gasteiger partial charge on any atom is 0.416 e. The molecule has 0 spiro atoms. The number of ether oxygens (including phenoxy) is 1. The van der Waals surface area contributed by atoms with Gasteiger partial charge in [-0.2, -0.15) is 13.2 Å². The van der Waals surface area contributed by atoms with Crippen molar-refractivity contribution in [3.05, 3.63) is 69.8 Å². The summed E-state index contributed by atoms with van der Waals surface area (Å²) in [6.45, 7) is 4.62. The molecule has 1 saturated carbocycles. The van der Waals surface area contributed by atoms with E-state index in [1.165, 1.54) is 11.0 Å². The Labute approximate surface area is 237 Å². The fourth-order valence-electron chi connectivity index (χ4n) is 7.35. The van der Waals surface area contributed by atoms with Crippen molar-refractivity contribution in [2.45, 2.75) is 70.1 Å². The molecule has 1 aliphatic carbocycles. The van der Waals surface area contributed by atoms with E-state index in [1.807, 2.05) is 17.7 Å². The van der Waals surface area contributed by atoms with Crippen molar-refractivity contribution in [3.8, 4) is 5.75 Å². The lowest BCUT2D eigenvalue weighted by molar-refractivity contribution is -0.138. The third-order valence-electron chi connectivity index (χ3n) is 9.51. The molecule has 2 aromatic carbocycles. The number of rotatable bonds is 5. The lowest BCUT2D eigenvalue weighted by Gasteiger charge is -2.41. The van der Waals surface area contributed by atoms with E-state index < -0.39 is 17.6 Å². The molecule has 1 atom stereocenters. The molecule has 10 heteroatoms. The van der Waals surface area contributed by atoms with E-state index in [4.69, 9.17) is 4.74 Å². The van der Waals surface area contributed by atoms with Crippen LogP contribution < -0.4 is 9.64 Å². The summed E-state index contributed by atoms with van der Waals surface area (Å²) in [6, 6.07) is 7.02. The predicted octanol–water partition coefficient (Wildman–Crippen LogP) is 5.63. The second-order valence-electron chi connectivity index (χ2n) is 12.3. The number of anilines is 1. The fraction of sp³-hybridized carbons (Fsp3) is 0.516. The molecule has 3 aromatic rings. The van der Waals surface area contributed by atoms with Crippen molar-refractivity contribution in [2.75, 3.05) is 24.6 Å². The summed E-state index contributed by atoms with van der Waals surface area (Å²) in [7, 11) is 1.92. The zero-order valence-electron chi connectivity index (χ0n) is 23.4. The van der Waals surface area contributed by atoms with Crippen LogP contribution in [0.2, 0.25) is 0 Å². The van der Waals surface area contributed by atoms with Gasteiger partial charge in [-0.15, -0.1) is 10.2 Å². The van der Waals surface area contributed by atoms with Crippen LogP contribution in [-0.4, -0.2) is 45.3 Å². The lowest BCUT2D eigenvalue weighted by Crippen LogP contribution is -2.38. The van der Waals surface area contributed by atoms with Crippen LogP contribution in [0.15, 0.2) is 30.6 Å². The van der Waals surface area contributed by atoms with Crippen LogP contribution >= 0.6 is 0 Å².